The van der Waals surface area contributed by atoms with Crippen molar-refractivity contribution in [2.24, 2.45) is 0 Å². The maximum absolute atomic E-state index is 6.27. The van der Waals surface area contributed by atoms with Gasteiger partial charge in [0.2, 0.25) is 0 Å². The summed E-state index contributed by atoms with van der Waals surface area (Å²) in [7, 11) is 1.71. The zero-order valence-electron chi connectivity index (χ0n) is 17.8. The van der Waals surface area contributed by atoms with Crippen LogP contribution in [0.2, 0.25) is 0 Å². The molecule has 3 aromatic rings. The topological polar surface area (TPSA) is 31.4 Å². The summed E-state index contributed by atoms with van der Waals surface area (Å²) >= 11 is 0. The number of hydrogen-bond donors (Lipinski definition) is 0. The van der Waals surface area contributed by atoms with Crippen LogP contribution in [-0.2, 0) is 25.7 Å². The number of aryl methyl sites for hydroxylation is 4. The fourth-order valence-corrected chi connectivity index (χ4v) is 4.28. The van der Waals surface area contributed by atoms with Gasteiger partial charge in [-0.25, -0.2) is 0 Å². The van der Waals surface area contributed by atoms with Gasteiger partial charge in [-0.2, -0.15) is 0 Å². The molecule has 2 aromatic carbocycles. The zero-order chi connectivity index (χ0) is 20.6. The molecule has 0 saturated heterocycles. The van der Waals surface area contributed by atoms with Crippen molar-refractivity contribution >= 4 is 0 Å². The van der Waals surface area contributed by atoms with Gasteiger partial charge in [0.25, 0.3) is 0 Å². The minimum atomic E-state index is 0.332. The van der Waals surface area contributed by atoms with Gasteiger partial charge in [0.15, 0.2) is 11.5 Å². The van der Waals surface area contributed by atoms with Crippen LogP contribution in [0, 0.1) is 0 Å². The SMILES string of the molecule is COc1ccc(CCc2ccncc2CCc2ccccc2)cc1OC1CCCC1. The molecule has 1 saturated carbocycles. The Morgan fingerprint density at radius 3 is 2.37 bits per heavy atom. The molecule has 0 N–H and O–H groups in total. The zero-order valence-corrected chi connectivity index (χ0v) is 17.8. The van der Waals surface area contributed by atoms with E-state index < -0.39 is 0 Å². The highest BCUT2D eigenvalue weighted by Crippen LogP contribution is 2.32. The lowest BCUT2D eigenvalue weighted by molar-refractivity contribution is 0.200. The lowest BCUT2D eigenvalue weighted by atomic mass is 9.97. The Labute approximate surface area is 180 Å². The Balaban J connectivity index is 1.41. The molecule has 0 atom stereocenters. The highest BCUT2D eigenvalue weighted by Gasteiger charge is 2.18. The van der Waals surface area contributed by atoms with Crippen molar-refractivity contribution in [1.29, 1.82) is 0 Å². The number of hydrogen-bond acceptors (Lipinski definition) is 3. The van der Waals surface area contributed by atoms with E-state index in [-0.39, 0.29) is 0 Å². The van der Waals surface area contributed by atoms with E-state index in [1.165, 1.54) is 35.1 Å². The van der Waals surface area contributed by atoms with Gasteiger partial charge in [0, 0.05) is 12.4 Å². The fraction of sp³-hybridized carbons (Fsp3) is 0.370. The second-order valence-corrected chi connectivity index (χ2v) is 8.14. The quantitative estimate of drug-likeness (QED) is 0.442. The van der Waals surface area contributed by atoms with Crippen molar-refractivity contribution in [3.8, 4) is 11.5 Å². The van der Waals surface area contributed by atoms with Gasteiger partial charge in [-0.05, 0) is 91.8 Å². The maximum Gasteiger partial charge on any atom is 0.161 e. The summed E-state index contributed by atoms with van der Waals surface area (Å²) in [6, 6.07) is 19.2. The van der Waals surface area contributed by atoms with Crippen LogP contribution in [0.15, 0.2) is 67.0 Å². The van der Waals surface area contributed by atoms with Crippen molar-refractivity contribution in [1.82, 2.24) is 4.98 Å². The number of benzene rings is 2. The number of aromatic nitrogens is 1. The average Bonchev–Trinajstić information content (AvgIpc) is 3.31. The third kappa shape index (κ3) is 5.41. The molecule has 3 nitrogen and oxygen atoms in total. The largest absolute Gasteiger partial charge is 0.493 e. The molecule has 1 fully saturated rings. The molecule has 3 heteroatoms. The first kappa shape index (κ1) is 20.5. The van der Waals surface area contributed by atoms with E-state index in [1.54, 1.807) is 7.11 Å². The van der Waals surface area contributed by atoms with Gasteiger partial charge in [0.1, 0.15) is 0 Å². The first-order valence-corrected chi connectivity index (χ1v) is 11.1. The summed E-state index contributed by atoms with van der Waals surface area (Å²) in [6.45, 7) is 0. The number of ether oxygens (including phenoxy) is 2. The van der Waals surface area contributed by atoms with Crippen LogP contribution in [0.3, 0.4) is 0 Å². The first-order chi connectivity index (χ1) is 14.8. The Bertz CT molecular complexity index is 933. The van der Waals surface area contributed by atoms with Gasteiger partial charge in [-0.3, -0.25) is 4.98 Å². The molecular formula is C27H31NO2. The van der Waals surface area contributed by atoms with Crippen molar-refractivity contribution in [2.45, 2.75) is 57.5 Å². The summed E-state index contributed by atoms with van der Waals surface area (Å²) in [6.07, 6.45) is 13.1. The van der Waals surface area contributed by atoms with E-state index in [0.29, 0.717) is 6.10 Å². The lowest BCUT2D eigenvalue weighted by Gasteiger charge is -2.17. The summed E-state index contributed by atoms with van der Waals surface area (Å²) < 4.78 is 11.8. The molecule has 0 radical (unpaired) electrons. The van der Waals surface area contributed by atoms with E-state index in [9.17, 15) is 0 Å². The number of pyridine rings is 1. The van der Waals surface area contributed by atoms with Crippen molar-refractivity contribution in [3.05, 3.63) is 89.2 Å². The molecule has 156 valence electrons. The van der Waals surface area contributed by atoms with Crippen LogP contribution < -0.4 is 9.47 Å². The molecule has 4 rings (SSSR count). The Kier molecular flexibility index (Phi) is 7.02. The van der Waals surface area contributed by atoms with Gasteiger partial charge >= 0.3 is 0 Å². The van der Waals surface area contributed by atoms with Crippen LogP contribution in [0.1, 0.15) is 47.9 Å². The smallest absolute Gasteiger partial charge is 0.161 e. The summed E-state index contributed by atoms with van der Waals surface area (Å²) in [5.41, 5.74) is 5.39. The molecule has 1 aliphatic carbocycles. The summed E-state index contributed by atoms with van der Waals surface area (Å²) in [5.74, 6) is 1.72. The minimum Gasteiger partial charge on any atom is -0.493 e. The van der Waals surface area contributed by atoms with Crippen LogP contribution in [0.4, 0.5) is 0 Å². The highest BCUT2D eigenvalue weighted by molar-refractivity contribution is 5.43. The van der Waals surface area contributed by atoms with Crippen LogP contribution in [0.5, 0.6) is 11.5 Å². The standard InChI is InChI=1S/C27H31NO2/c1-29-26-16-13-22(19-27(26)30-25-9-5-6-10-25)12-14-23-17-18-28-20-24(23)15-11-21-7-3-2-4-8-21/h2-4,7-8,13,16-20,25H,5-6,9-12,14-15H2,1H3. The molecule has 30 heavy (non-hydrogen) atoms. The lowest BCUT2D eigenvalue weighted by Crippen LogP contribution is -2.11. The monoisotopic (exact) mass is 401 g/mol. The third-order valence-electron chi connectivity index (χ3n) is 6.04. The van der Waals surface area contributed by atoms with Crippen LogP contribution >= 0.6 is 0 Å². The molecule has 1 aromatic heterocycles. The highest BCUT2D eigenvalue weighted by atomic mass is 16.5. The molecule has 1 heterocycles. The second kappa shape index (κ2) is 10.3. The fourth-order valence-electron chi connectivity index (χ4n) is 4.28. The van der Waals surface area contributed by atoms with Crippen LogP contribution in [0.25, 0.3) is 0 Å². The average molecular weight is 402 g/mol. The maximum atomic E-state index is 6.27. The molecule has 0 amide bonds. The van der Waals surface area contributed by atoms with Gasteiger partial charge < -0.3 is 9.47 Å². The van der Waals surface area contributed by atoms with E-state index in [4.69, 9.17) is 9.47 Å². The normalized spacial score (nSPS) is 14.0. The minimum absolute atomic E-state index is 0.332. The molecule has 0 unspecified atom stereocenters. The van der Waals surface area contributed by atoms with Gasteiger partial charge in [-0.1, -0.05) is 36.4 Å². The predicted octanol–water partition coefficient (Wildman–Crippen LogP) is 5.98. The Hall–Kier alpha value is -2.81. The van der Waals surface area contributed by atoms with Gasteiger partial charge in [0.05, 0.1) is 13.2 Å². The predicted molar refractivity (Wildman–Crippen MR) is 121 cm³/mol. The molecule has 0 bridgehead atoms. The van der Waals surface area contributed by atoms with Crippen molar-refractivity contribution in [3.63, 3.8) is 0 Å². The van der Waals surface area contributed by atoms with Crippen LogP contribution in [-0.4, -0.2) is 18.2 Å². The first-order valence-electron chi connectivity index (χ1n) is 11.1. The molecule has 0 spiro atoms. The number of rotatable bonds is 9. The summed E-state index contributed by atoms with van der Waals surface area (Å²) in [5, 5.41) is 0. The number of nitrogens with zero attached hydrogens (tertiary/aromatic N) is 1. The van der Waals surface area contributed by atoms with E-state index in [0.717, 1.165) is 50.0 Å². The number of methoxy groups -OCH3 is 1. The third-order valence-corrected chi connectivity index (χ3v) is 6.04. The molecule has 1 aliphatic rings. The Morgan fingerprint density at radius 2 is 1.57 bits per heavy atom. The van der Waals surface area contributed by atoms with E-state index >= 15 is 0 Å². The summed E-state index contributed by atoms with van der Waals surface area (Å²) in [4.78, 5) is 4.37. The molecule has 0 aliphatic heterocycles. The van der Waals surface area contributed by atoms with Gasteiger partial charge in [-0.15, -0.1) is 0 Å². The molecular weight excluding hydrogens is 370 g/mol. The van der Waals surface area contributed by atoms with E-state index in [2.05, 4.69) is 53.5 Å². The van der Waals surface area contributed by atoms with Crippen molar-refractivity contribution in [2.75, 3.05) is 7.11 Å². The van der Waals surface area contributed by atoms with Crippen molar-refractivity contribution < 1.29 is 9.47 Å². The van der Waals surface area contributed by atoms with E-state index in [1.807, 2.05) is 18.5 Å². The Morgan fingerprint density at radius 1 is 0.800 bits per heavy atom. The second-order valence-electron chi connectivity index (χ2n) is 8.14.